The Hall–Kier alpha value is -2.59. The van der Waals surface area contributed by atoms with E-state index in [-0.39, 0.29) is 0 Å². The van der Waals surface area contributed by atoms with E-state index in [0.717, 1.165) is 27.2 Å². The van der Waals surface area contributed by atoms with Gasteiger partial charge in [-0.2, -0.15) is 0 Å². The van der Waals surface area contributed by atoms with Crippen LogP contribution < -0.4 is 0 Å². The predicted octanol–water partition coefficient (Wildman–Crippen LogP) is 4.06. The average molecular weight is 309 g/mol. The number of hydrogen-bond acceptors (Lipinski definition) is 2. The Kier molecular flexibility index (Phi) is 3.16. The van der Waals surface area contributed by atoms with Crippen LogP contribution in [0.2, 0.25) is 5.02 Å². The quantitative estimate of drug-likeness (QED) is 0.572. The molecule has 0 saturated heterocycles. The summed E-state index contributed by atoms with van der Waals surface area (Å²) in [4.78, 5) is 8.57. The van der Waals surface area contributed by atoms with Crippen LogP contribution in [-0.4, -0.2) is 19.1 Å². The molecular formula is C17H13ClN4. The van der Waals surface area contributed by atoms with Crippen molar-refractivity contribution < 1.29 is 0 Å². The summed E-state index contributed by atoms with van der Waals surface area (Å²) in [5.74, 6) is 0. The third-order valence-corrected chi connectivity index (χ3v) is 3.89. The van der Waals surface area contributed by atoms with Crippen molar-refractivity contribution in [2.45, 2.75) is 6.67 Å². The van der Waals surface area contributed by atoms with E-state index in [0.29, 0.717) is 6.67 Å². The van der Waals surface area contributed by atoms with Crippen molar-refractivity contribution in [3.05, 3.63) is 72.5 Å². The number of imidazole rings is 2. The smallest absolute Gasteiger partial charge is 0.101 e. The van der Waals surface area contributed by atoms with Crippen molar-refractivity contribution in [1.82, 2.24) is 19.1 Å². The first-order valence-electron chi connectivity index (χ1n) is 6.96. The zero-order valence-electron chi connectivity index (χ0n) is 11.7. The van der Waals surface area contributed by atoms with Gasteiger partial charge in [0.2, 0.25) is 0 Å². The summed E-state index contributed by atoms with van der Waals surface area (Å²) in [6, 6.07) is 14.1. The summed E-state index contributed by atoms with van der Waals surface area (Å²) in [5.41, 5.74) is 4.28. The number of hydrogen-bond donors (Lipinski definition) is 0. The molecule has 0 fully saturated rings. The maximum atomic E-state index is 6.07. The van der Waals surface area contributed by atoms with Crippen molar-refractivity contribution in [2.24, 2.45) is 0 Å². The van der Waals surface area contributed by atoms with Gasteiger partial charge < -0.3 is 9.13 Å². The van der Waals surface area contributed by atoms with Gasteiger partial charge in [0.25, 0.3) is 0 Å². The normalized spacial score (nSPS) is 11.1. The lowest BCUT2D eigenvalue weighted by Crippen LogP contribution is -2.04. The van der Waals surface area contributed by atoms with E-state index >= 15 is 0 Å². The molecule has 0 saturated carbocycles. The second-order valence-electron chi connectivity index (χ2n) is 5.15. The topological polar surface area (TPSA) is 35.6 Å². The van der Waals surface area contributed by atoms with Crippen LogP contribution in [0.25, 0.3) is 22.2 Å². The molecule has 5 heteroatoms. The molecule has 0 radical (unpaired) electrons. The van der Waals surface area contributed by atoms with Crippen LogP contribution >= 0.6 is 11.6 Å². The SMILES string of the molecule is Clc1cccc(-c2ccc3c(c2)ncn3Cn2ccnc2)c1. The van der Waals surface area contributed by atoms with Gasteiger partial charge in [0.1, 0.15) is 6.67 Å². The van der Waals surface area contributed by atoms with Gasteiger partial charge in [0.15, 0.2) is 0 Å². The monoisotopic (exact) mass is 308 g/mol. The first-order valence-corrected chi connectivity index (χ1v) is 7.34. The summed E-state index contributed by atoms with van der Waals surface area (Å²) < 4.78 is 4.10. The molecule has 0 bridgehead atoms. The molecule has 4 aromatic rings. The van der Waals surface area contributed by atoms with Gasteiger partial charge in [-0.15, -0.1) is 0 Å². The Morgan fingerprint density at radius 1 is 1.00 bits per heavy atom. The molecule has 2 heterocycles. The average Bonchev–Trinajstić information content (AvgIpc) is 3.17. The summed E-state index contributed by atoms with van der Waals surface area (Å²) in [6.07, 6.45) is 7.36. The van der Waals surface area contributed by atoms with E-state index in [1.54, 1.807) is 12.5 Å². The van der Waals surface area contributed by atoms with Crippen molar-refractivity contribution in [2.75, 3.05) is 0 Å². The Morgan fingerprint density at radius 2 is 1.91 bits per heavy atom. The fraction of sp³-hybridized carbons (Fsp3) is 0.0588. The van der Waals surface area contributed by atoms with Crippen LogP contribution in [0.4, 0.5) is 0 Å². The molecule has 0 N–H and O–H groups in total. The molecule has 0 spiro atoms. The molecule has 4 nitrogen and oxygen atoms in total. The van der Waals surface area contributed by atoms with Crippen LogP contribution in [0.1, 0.15) is 0 Å². The molecule has 0 amide bonds. The lowest BCUT2D eigenvalue weighted by molar-refractivity contribution is 0.621. The minimum atomic E-state index is 0.701. The molecule has 0 atom stereocenters. The molecule has 0 aliphatic heterocycles. The standard InChI is InChI=1S/C17H13ClN4/c18-15-3-1-2-13(8-15)14-4-5-17-16(9-14)20-11-22(17)12-21-7-6-19-10-21/h1-11H,12H2. The van der Waals surface area contributed by atoms with E-state index in [1.165, 1.54) is 0 Å². The van der Waals surface area contributed by atoms with Gasteiger partial charge in [-0.3, -0.25) is 0 Å². The highest BCUT2D eigenvalue weighted by atomic mass is 35.5. The molecule has 0 aliphatic carbocycles. The molecule has 0 unspecified atom stereocenters. The minimum Gasteiger partial charge on any atom is -0.319 e. The number of aromatic nitrogens is 4. The summed E-state index contributed by atoms with van der Waals surface area (Å²) in [6.45, 7) is 0.701. The molecule has 2 aromatic heterocycles. The fourth-order valence-corrected chi connectivity index (χ4v) is 2.76. The highest BCUT2D eigenvalue weighted by molar-refractivity contribution is 6.30. The second-order valence-corrected chi connectivity index (χ2v) is 5.58. The van der Waals surface area contributed by atoms with Crippen molar-refractivity contribution in [3.8, 4) is 11.1 Å². The van der Waals surface area contributed by atoms with Crippen LogP contribution in [0.3, 0.4) is 0 Å². The second kappa shape index (κ2) is 5.31. The maximum Gasteiger partial charge on any atom is 0.101 e. The highest BCUT2D eigenvalue weighted by Crippen LogP contribution is 2.26. The summed E-state index contributed by atoms with van der Waals surface area (Å²) >= 11 is 6.07. The van der Waals surface area contributed by atoms with Crippen molar-refractivity contribution >= 4 is 22.6 Å². The van der Waals surface area contributed by atoms with Crippen LogP contribution in [0, 0.1) is 0 Å². The zero-order chi connectivity index (χ0) is 14.9. The molecular weight excluding hydrogens is 296 g/mol. The first kappa shape index (κ1) is 13.1. The Bertz CT molecular complexity index is 925. The van der Waals surface area contributed by atoms with Gasteiger partial charge in [-0.25, -0.2) is 9.97 Å². The van der Waals surface area contributed by atoms with Crippen molar-refractivity contribution in [1.29, 1.82) is 0 Å². The van der Waals surface area contributed by atoms with E-state index in [9.17, 15) is 0 Å². The molecule has 4 rings (SSSR count). The van der Waals surface area contributed by atoms with Crippen LogP contribution in [-0.2, 0) is 6.67 Å². The molecule has 2 aromatic carbocycles. The van der Waals surface area contributed by atoms with Crippen LogP contribution in [0.5, 0.6) is 0 Å². The number of nitrogens with zero attached hydrogens (tertiary/aromatic N) is 4. The summed E-state index contributed by atoms with van der Waals surface area (Å²) in [5, 5.41) is 0.739. The van der Waals surface area contributed by atoms with E-state index < -0.39 is 0 Å². The Balaban J connectivity index is 1.73. The lowest BCUT2D eigenvalue weighted by Gasteiger charge is -2.06. The van der Waals surface area contributed by atoms with Gasteiger partial charge in [-0.1, -0.05) is 29.8 Å². The fourth-order valence-electron chi connectivity index (χ4n) is 2.57. The van der Waals surface area contributed by atoms with Gasteiger partial charge in [-0.05, 0) is 35.4 Å². The van der Waals surface area contributed by atoms with Gasteiger partial charge in [0, 0.05) is 17.4 Å². The number of rotatable bonds is 3. The molecule has 22 heavy (non-hydrogen) atoms. The third-order valence-electron chi connectivity index (χ3n) is 3.65. The van der Waals surface area contributed by atoms with E-state index in [4.69, 9.17) is 11.6 Å². The van der Waals surface area contributed by atoms with E-state index in [1.807, 2.05) is 35.3 Å². The molecule has 0 aliphatic rings. The Morgan fingerprint density at radius 3 is 2.73 bits per heavy atom. The largest absolute Gasteiger partial charge is 0.319 e. The number of benzene rings is 2. The van der Waals surface area contributed by atoms with Crippen molar-refractivity contribution in [3.63, 3.8) is 0 Å². The number of fused-ring (bicyclic) bond motifs is 1. The Labute approximate surface area is 132 Å². The predicted molar refractivity (Wildman–Crippen MR) is 87.8 cm³/mol. The third kappa shape index (κ3) is 2.38. The minimum absolute atomic E-state index is 0.701. The van der Waals surface area contributed by atoms with Gasteiger partial charge >= 0.3 is 0 Å². The van der Waals surface area contributed by atoms with E-state index in [2.05, 4.69) is 38.8 Å². The molecule has 108 valence electrons. The van der Waals surface area contributed by atoms with Gasteiger partial charge in [0.05, 0.1) is 23.7 Å². The number of halogens is 1. The summed E-state index contributed by atoms with van der Waals surface area (Å²) in [7, 11) is 0. The zero-order valence-corrected chi connectivity index (χ0v) is 12.5. The maximum absolute atomic E-state index is 6.07. The van der Waals surface area contributed by atoms with Crippen LogP contribution in [0.15, 0.2) is 67.5 Å². The first-order chi connectivity index (χ1) is 10.8. The highest BCUT2D eigenvalue weighted by Gasteiger charge is 2.06. The lowest BCUT2D eigenvalue weighted by atomic mass is 10.1.